The van der Waals surface area contributed by atoms with Crippen LogP contribution in [0.15, 0.2) is 5.16 Å². The minimum absolute atomic E-state index is 0.0300. The van der Waals surface area contributed by atoms with Gasteiger partial charge in [-0.3, -0.25) is 4.79 Å². The van der Waals surface area contributed by atoms with E-state index in [9.17, 15) is 4.79 Å². The summed E-state index contributed by atoms with van der Waals surface area (Å²) in [4.78, 5) is 16.0. The maximum absolute atomic E-state index is 11.1. The Hall–Kier alpha value is -1.06. The summed E-state index contributed by atoms with van der Waals surface area (Å²) < 4.78 is 0. The fourth-order valence-electron chi connectivity index (χ4n) is 0.806. The summed E-state index contributed by atoms with van der Waals surface area (Å²) in [6, 6.07) is 0. The summed E-state index contributed by atoms with van der Waals surface area (Å²) >= 11 is 0. The van der Waals surface area contributed by atoms with Crippen LogP contribution >= 0.6 is 0 Å². The standard InChI is InChI=1S/C10H20N2O2/c1-4-5-7-11-10(13)6-8-14-12-9(2)3/h4-8H2,1-3H3,(H,11,13). The van der Waals surface area contributed by atoms with E-state index in [0.29, 0.717) is 13.0 Å². The number of rotatable bonds is 7. The van der Waals surface area contributed by atoms with Crippen molar-refractivity contribution in [2.45, 2.75) is 40.0 Å². The van der Waals surface area contributed by atoms with Gasteiger partial charge < -0.3 is 10.2 Å². The van der Waals surface area contributed by atoms with E-state index >= 15 is 0 Å². The SMILES string of the molecule is CCCCNC(=O)CCON=C(C)C. The first kappa shape index (κ1) is 12.9. The Balaban J connectivity index is 3.31. The van der Waals surface area contributed by atoms with Crippen molar-refractivity contribution in [2.24, 2.45) is 5.16 Å². The molecule has 0 unspecified atom stereocenters. The van der Waals surface area contributed by atoms with Crippen LogP contribution in [0.3, 0.4) is 0 Å². The van der Waals surface area contributed by atoms with Crippen LogP contribution in [0.4, 0.5) is 0 Å². The molecule has 0 fully saturated rings. The maximum atomic E-state index is 11.1. The van der Waals surface area contributed by atoms with E-state index in [-0.39, 0.29) is 5.91 Å². The van der Waals surface area contributed by atoms with Gasteiger partial charge in [-0.15, -0.1) is 0 Å². The van der Waals surface area contributed by atoms with Crippen molar-refractivity contribution in [3.05, 3.63) is 0 Å². The van der Waals surface area contributed by atoms with Crippen LogP contribution in [0, 0.1) is 0 Å². The number of carbonyl (C=O) groups is 1. The van der Waals surface area contributed by atoms with Gasteiger partial charge in [0.25, 0.3) is 0 Å². The molecule has 4 heteroatoms. The average molecular weight is 200 g/mol. The van der Waals surface area contributed by atoms with Gasteiger partial charge in [-0.1, -0.05) is 18.5 Å². The molecule has 0 bridgehead atoms. The molecule has 0 aromatic rings. The number of unbranched alkanes of at least 4 members (excludes halogenated alkanes) is 1. The molecule has 0 saturated carbocycles. The van der Waals surface area contributed by atoms with E-state index in [2.05, 4.69) is 17.4 Å². The Kier molecular flexibility index (Phi) is 7.89. The number of oxime groups is 1. The van der Waals surface area contributed by atoms with Crippen LogP contribution in [-0.2, 0) is 9.63 Å². The lowest BCUT2D eigenvalue weighted by Crippen LogP contribution is -2.25. The van der Waals surface area contributed by atoms with Gasteiger partial charge in [-0.05, 0) is 20.3 Å². The molecule has 82 valence electrons. The zero-order chi connectivity index (χ0) is 10.8. The third-order valence-corrected chi connectivity index (χ3v) is 1.52. The molecule has 0 aliphatic heterocycles. The van der Waals surface area contributed by atoms with Crippen molar-refractivity contribution in [3.8, 4) is 0 Å². The maximum Gasteiger partial charge on any atom is 0.223 e. The van der Waals surface area contributed by atoms with Crippen LogP contribution in [0.2, 0.25) is 0 Å². The monoisotopic (exact) mass is 200 g/mol. The predicted molar refractivity (Wildman–Crippen MR) is 57.3 cm³/mol. The first-order chi connectivity index (χ1) is 6.66. The number of nitrogens with zero attached hydrogens (tertiary/aromatic N) is 1. The molecule has 1 N–H and O–H groups in total. The number of amides is 1. The van der Waals surface area contributed by atoms with Crippen LogP contribution in [0.5, 0.6) is 0 Å². The second kappa shape index (κ2) is 8.53. The van der Waals surface area contributed by atoms with Crippen molar-refractivity contribution in [2.75, 3.05) is 13.2 Å². The van der Waals surface area contributed by atoms with Gasteiger partial charge in [-0.25, -0.2) is 0 Å². The molecule has 0 heterocycles. The van der Waals surface area contributed by atoms with Gasteiger partial charge in [0, 0.05) is 6.54 Å². The third-order valence-electron chi connectivity index (χ3n) is 1.52. The predicted octanol–water partition coefficient (Wildman–Crippen LogP) is 1.71. The Labute approximate surface area is 85.7 Å². The normalized spacial score (nSPS) is 9.36. The van der Waals surface area contributed by atoms with E-state index in [4.69, 9.17) is 4.84 Å². The largest absolute Gasteiger partial charge is 0.395 e. The van der Waals surface area contributed by atoms with Gasteiger partial charge in [-0.2, -0.15) is 0 Å². The van der Waals surface area contributed by atoms with Crippen LogP contribution in [0.1, 0.15) is 40.0 Å². The molecule has 0 aromatic carbocycles. The molecule has 1 amide bonds. The van der Waals surface area contributed by atoms with E-state index in [0.717, 1.165) is 25.1 Å². The smallest absolute Gasteiger partial charge is 0.223 e. The molecule has 0 aliphatic rings. The highest BCUT2D eigenvalue weighted by molar-refractivity contribution is 5.78. The van der Waals surface area contributed by atoms with Gasteiger partial charge in [0.05, 0.1) is 12.1 Å². The van der Waals surface area contributed by atoms with Crippen molar-refractivity contribution in [3.63, 3.8) is 0 Å². The minimum atomic E-state index is 0.0300. The zero-order valence-corrected chi connectivity index (χ0v) is 9.30. The van der Waals surface area contributed by atoms with Gasteiger partial charge in [0.2, 0.25) is 5.91 Å². The lowest BCUT2D eigenvalue weighted by atomic mass is 10.3. The highest BCUT2D eigenvalue weighted by Gasteiger charge is 1.99. The Morgan fingerprint density at radius 2 is 2.14 bits per heavy atom. The lowest BCUT2D eigenvalue weighted by Gasteiger charge is -2.03. The third kappa shape index (κ3) is 9.03. The average Bonchev–Trinajstić information content (AvgIpc) is 2.13. The molecular weight excluding hydrogens is 180 g/mol. The first-order valence-electron chi connectivity index (χ1n) is 5.06. The van der Waals surface area contributed by atoms with Crippen molar-refractivity contribution < 1.29 is 9.63 Å². The second-order valence-electron chi connectivity index (χ2n) is 3.33. The molecule has 0 spiro atoms. The van der Waals surface area contributed by atoms with E-state index < -0.39 is 0 Å². The quantitative estimate of drug-likeness (QED) is 0.386. The molecule has 0 atom stereocenters. The molecular formula is C10H20N2O2. The van der Waals surface area contributed by atoms with Crippen molar-refractivity contribution in [1.29, 1.82) is 0 Å². The first-order valence-corrected chi connectivity index (χ1v) is 5.06. The van der Waals surface area contributed by atoms with Crippen molar-refractivity contribution >= 4 is 11.6 Å². The lowest BCUT2D eigenvalue weighted by molar-refractivity contribution is -0.122. The Bertz CT molecular complexity index is 187. The number of hydrogen-bond donors (Lipinski definition) is 1. The molecule has 4 nitrogen and oxygen atoms in total. The summed E-state index contributed by atoms with van der Waals surface area (Å²) in [5.41, 5.74) is 0.858. The summed E-state index contributed by atoms with van der Waals surface area (Å²) in [6.07, 6.45) is 2.50. The minimum Gasteiger partial charge on any atom is -0.395 e. The summed E-state index contributed by atoms with van der Waals surface area (Å²) in [5, 5.41) is 6.53. The van der Waals surface area contributed by atoms with Gasteiger partial charge in [0.15, 0.2) is 0 Å². The molecule has 0 aromatic heterocycles. The Morgan fingerprint density at radius 3 is 2.71 bits per heavy atom. The fraction of sp³-hybridized carbons (Fsp3) is 0.800. The molecule has 0 radical (unpaired) electrons. The van der Waals surface area contributed by atoms with E-state index in [1.807, 2.05) is 13.8 Å². The molecule has 0 saturated heterocycles. The summed E-state index contributed by atoms with van der Waals surface area (Å²) in [7, 11) is 0. The topological polar surface area (TPSA) is 50.7 Å². The van der Waals surface area contributed by atoms with Gasteiger partial charge >= 0.3 is 0 Å². The Morgan fingerprint density at radius 1 is 1.43 bits per heavy atom. The molecule has 0 aliphatic carbocycles. The zero-order valence-electron chi connectivity index (χ0n) is 9.30. The summed E-state index contributed by atoms with van der Waals surface area (Å²) in [6.45, 7) is 6.89. The van der Waals surface area contributed by atoms with Gasteiger partial charge in [0.1, 0.15) is 6.61 Å². The summed E-state index contributed by atoms with van der Waals surface area (Å²) in [5.74, 6) is 0.0300. The van der Waals surface area contributed by atoms with E-state index in [1.54, 1.807) is 0 Å². The fourth-order valence-corrected chi connectivity index (χ4v) is 0.806. The highest BCUT2D eigenvalue weighted by Crippen LogP contribution is 1.87. The molecule has 0 rings (SSSR count). The molecule has 14 heavy (non-hydrogen) atoms. The second-order valence-corrected chi connectivity index (χ2v) is 3.33. The number of hydrogen-bond acceptors (Lipinski definition) is 3. The highest BCUT2D eigenvalue weighted by atomic mass is 16.6. The number of carbonyl (C=O) groups excluding carboxylic acids is 1. The van der Waals surface area contributed by atoms with Crippen LogP contribution in [-0.4, -0.2) is 24.8 Å². The van der Waals surface area contributed by atoms with Crippen molar-refractivity contribution in [1.82, 2.24) is 5.32 Å². The van der Waals surface area contributed by atoms with Crippen LogP contribution < -0.4 is 5.32 Å². The van der Waals surface area contributed by atoms with Crippen LogP contribution in [0.25, 0.3) is 0 Å². The number of nitrogens with one attached hydrogen (secondary N) is 1. The van der Waals surface area contributed by atoms with E-state index in [1.165, 1.54) is 0 Å².